The molecule has 0 aromatic carbocycles. The van der Waals surface area contributed by atoms with Crippen LogP contribution in [0.5, 0.6) is 0 Å². The first-order valence-corrected chi connectivity index (χ1v) is 6.21. The minimum absolute atomic E-state index is 0. The lowest BCUT2D eigenvalue weighted by Gasteiger charge is -2.30. The molecule has 94 valence electrons. The lowest BCUT2D eigenvalue weighted by Crippen LogP contribution is -2.43. The van der Waals surface area contributed by atoms with Crippen molar-refractivity contribution in [3.63, 3.8) is 0 Å². The fourth-order valence-electron chi connectivity index (χ4n) is 2.71. The molecule has 0 bridgehead atoms. The summed E-state index contributed by atoms with van der Waals surface area (Å²) in [5, 5.41) is 3.31. The number of carbonyl (C=O) groups excluding carboxylic acids is 1. The molecule has 0 aromatic rings. The number of nitrogens with zero attached hydrogens (tertiary/aromatic N) is 1. The second kappa shape index (κ2) is 5.87. The molecule has 16 heavy (non-hydrogen) atoms. The van der Waals surface area contributed by atoms with Crippen molar-refractivity contribution in [3.8, 4) is 0 Å². The van der Waals surface area contributed by atoms with E-state index in [1.165, 1.54) is 6.42 Å². The number of likely N-dealkylation sites (tertiary alicyclic amines) is 1. The van der Waals surface area contributed by atoms with Crippen LogP contribution in [0.2, 0.25) is 0 Å². The van der Waals surface area contributed by atoms with Gasteiger partial charge in [-0.25, -0.2) is 0 Å². The summed E-state index contributed by atoms with van der Waals surface area (Å²) in [6.45, 7) is 7.43. The van der Waals surface area contributed by atoms with Gasteiger partial charge in [0.1, 0.15) is 0 Å². The molecular weight excluding hydrogens is 224 g/mol. The zero-order valence-electron chi connectivity index (χ0n) is 10.2. The third kappa shape index (κ3) is 2.69. The van der Waals surface area contributed by atoms with Crippen LogP contribution in [0.1, 0.15) is 33.1 Å². The molecule has 0 aromatic heterocycles. The standard InChI is InChI=1S/C12H22N2O.ClH/c1-9-5-8-14(10(9)2)12(15)11-3-6-13-7-4-11;/h9-11,13H,3-8H2,1-2H3;1H. The van der Waals surface area contributed by atoms with Crippen LogP contribution in [0.15, 0.2) is 0 Å². The van der Waals surface area contributed by atoms with E-state index >= 15 is 0 Å². The SMILES string of the molecule is CC1CCN(C(=O)C2CCNCC2)C1C.Cl. The van der Waals surface area contributed by atoms with Gasteiger partial charge in [0.05, 0.1) is 0 Å². The van der Waals surface area contributed by atoms with Crippen molar-refractivity contribution in [2.45, 2.75) is 39.2 Å². The molecule has 2 fully saturated rings. The Balaban J connectivity index is 0.00000128. The van der Waals surface area contributed by atoms with Crippen molar-refractivity contribution < 1.29 is 4.79 Å². The normalized spacial score (nSPS) is 31.2. The minimum atomic E-state index is 0. The molecule has 2 heterocycles. The number of rotatable bonds is 1. The maximum Gasteiger partial charge on any atom is 0.226 e. The summed E-state index contributed by atoms with van der Waals surface area (Å²) in [7, 11) is 0. The van der Waals surface area contributed by atoms with Gasteiger partial charge in [-0.15, -0.1) is 12.4 Å². The number of hydrogen-bond donors (Lipinski definition) is 1. The van der Waals surface area contributed by atoms with Crippen molar-refractivity contribution >= 4 is 18.3 Å². The van der Waals surface area contributed by atoms with Crippen LogP contribution >= 0.6 is 12.4 Å². The first-order chi connectivity index (χ1) is 7.20. The second-order valence-electron chi connectivity index (χ2n) is 5.06. The second-order valence-corrected chi connectivity index (χ2v) is 5.06. The zero-order chi connectivity index (χ0) is 10.8. The van der Waals surface area contributed by atoms with Crippen molar-refractivity contribution in [1.29, 1.82) is 0 Å². The molecule has 1 N–H and O–H groups in total. The van der Waals surface area contributed by atoms with Gasteiger partial charge < -0.3 is 10.2 Å². The average molecular weight is 247 g/mol. The third-order valence-corrected chi connectivity index (χ3v) is 4.11. The highest BCUT2D eigenvalue weighted by Gasteiger charge is 2.34. The van der Waals surface area contributed by atoms with E-state index in [4.69, 9.17) is 0 Å². The molecule has 2 rings (SSSR count). The Kier molecular flexibility index (Phi) is 5.06. The Labute approximate surface area is 104 Å². The Hall–Kier alpha value is -0.280. The molecule has 0 aliphatic carbocycles. The maximum atomic E-state index is 12.3. The van der Waals surface area contributed by atoms with Crippen LogP contribution < -0.4 is 5.32 Å². The predicted octanol–water partition coefficient (Wildman–Crippen LogP) is 1.66. The van der Waals surface area contributed by atoms with Crippen LogP contribution in [0.4, 0.5) is 0 Å². The van der Waals surface area contributed by atoms with Gasteiger partial charge in [-0.05, 0) is 45.2 Å². The van der Waals surface area contributed by atoms with E-state index in [-0.39, 0.29) is 12.4 Å². The fourth-order valence-corrected chi connectivity index (χ4v) is 2.71. The number of amides is 1. The van der Waals surface area contributed by atoms with Crippen molar-refractivity contribution in [1.82, 2.24) is 10.2 Å². The van der Waals surface area contributed by atoms with Gasteiger partial charge in [0.2, 0.25) is 5.91 Å². The quantitative estimate of drug-likeness (QED) is 0.763. The van der Waals surface area contributed by atoms with E-state index in [1.807, 2.05) is 0 Å². The summed E-state index contributed by atoms with van der Waals surface area (Å²) in [5.41, 5.74) is 0. The van der Waals surface area contributed by atoms with Crippen molar-refractivity contribution in [2.24, 2.45) is 11.8 Å². The summed E-state index contributed by atoms with van der Waals surface area (Å²) in [6, 6.07) is 0.451. The van der Waals surface area contributed by atoms with Crippen LogP contribution in [-0.2, 0) is 4.79 Å². The number of halogens is 1. The van der Waals surface area contributed by atoms with Crippen molar-refractivity contribution in [2.75, 3.05) is 19.6 Å². The Bertz CT molecular complexity index is 241. The van der Waals surface area contributed by atoms with Crippen LogP contribution in [0.25, 0.3) is 0 Å². The Morgan fingerprint density at radius 1 is 1.19 bits per heavy atom. The largest absolute Gasteiger partial charge is 0.339 e. The number of nitrogens with one attached hydrogen (secondary N) is 1. The molecule has 3 nitrogen and oxygen atoms in total. The topological polar surface area (TPSA) is 32.3 Å². The summed E-state index contributed by atoms with van der Waals surface area (Å²) in [4.78, 5) is 14.4. The molecule has 2 aliphatic heterocycles. The first-order valence-electron chi connectivity index (χ1n) is 6.21. The van der Waals surface area contributed by atoms with Gasteiger partial charge in [0.15, 0.2) is 0 Å². The number of hydrogen-bond acceptors (Lipinski definition) is 2. The molecular formula is C12H23ClN2O. The van der Waals surface area contributed by atoms with Crippen LogP contribution in [-0.4, -0.2) is 36.5 Å². The highest BCUT2D eigenvalue weighted by molar-refractivity contribution is 5.85. The number of carbonyl (C=O) groups is 1. The highest BCUT2D eigenvalue weighted by atomic mass is 35.5. The smallest absolute Gasteiger partial charge is 0.226 e. The zero-order valence-corrected chi connectivity index (χ0v) is 11.1. The summed E-state index contributed by atoms with van der Waals surface area (Å²) in [5.74, 6) is 1.38. The molecule has 2 aliphatic rings. The van der Waals surface area contributed by atoms with E-state index in [0.29, 0.717) is 23.8 Å². The van der Waals surface area contributed by atoms with Crippen LogP contribution in [0.3, 0.4) is 0 Å². The fraction of sp³-hybridized carbons (Fsp3) is 0.917. The minimum Gasteiger partial charge on any atom is -0.339 e. The van der Waals surface area contributed by atoms with Gasteiger partial charge in [-0.2, -0.15) is 0 Å². The summed E-state index contributed by atoms with van der Waals surface area (Å²) in [6.07, 6.45) is 3.23. The molecule has 0 spiro atoms. The Morgan fingerprint density at radius 3 is 2.31 bits per heavy atom. The molecule has 1 amide bonds. The Morgan fingerprint density at radius 2 is 1.81 bits per heavy atom. The molecule has 2 saturated heterocycles. The summed E-state index contributed by atoms with van der Waals surface area (Å²) >= 11 is 0. The monoisotopic (exact) mass is 246 g/mol. The van der Waals surface area contributed by atoms with E-state index in [9.17, 15) is 4.79 Å². The predicted molar refractivity (Wildman–Crippen MR) is 67.8 cm³/mol. The molecule has 2 atom stereocenters. The lowest BCUT2D eigenvalue weighted by atomic mass is 9.96. The van der Waals surface area contributed by atoms with Gasteiger partial charge in [-0.1, -0.05) is 6.92 Å². The average Bonchev–Trinajstić information content (AvgIpc) is 2.60. The molecule has 0 radical (unpaired) electrons. The van der Waals surface area contributed by atoms with E-state index in [0.717, 1.165) is 32.5 Å². The van der Waals surface area contributed by atoms with Gasteiger partial charge in [0, 0.05) is 18.5 Å². The highest BCUT2D eigenvalue weighted by Crippen LogP contribution is 2.26. The maximum absolute atomic E-state index is 12.3. The first kappa shape index (κ1) is 13.8. The summed E-state index contributed by atoms with van der Waals surface area (Å²) < 4.78 is 0. The van der Waals surface area contributed by atoms with Crippen molar-refractivity contribution in [3.05, 3.63) is 0 Å². The third-order valence-electron chi connectivity index (χ3n) is 4.11. The molecule has 0 saturated carbocycles. The van der Waals surface area contributed by atoms with Gasteiger partial charge >= 0.3 is 0 Å². The van der Waals surface area contributed by atoms with Crippen LogP contribution in [0, 0.1) is 11.8 Å². The lowest BCUT2D eigenvalue weighted by molar-refractivity contribution is -0.137. The van der Waals surface area contributed by atoms with Gasteiger partial charge in [-0.3, -0.25) is 4.79 Å². The molecule has 2 unspecified atom stereocenters. The molecule has 4 heteroatoms. The number of piperidine rings is 1. The van der Waals surface area contributed by atoms with E-state index in [1.54, 1.807) is 0 Å². The van der Waals surface area contributed by atoms with E-state index in [2.05, 4.69) is 24.1 Å². The van der Waals surface area contributed by atoms with E-state index < -0.39 is 0 Å². The van der Waals surface area contributed by atoms with Gasteiger partial charge in [0.25, 0.3) is 0 Å².